The number of rotatable bonds is 4. The third-order valence-corrected chi connectivity index (χ3v) is 4.15. The zero-order valence-electron chi connectivity index (χ0n) is 11.7. The van der Waals surface area contributed by atoms with Gasteiger partial charge in [0.05, 0.1) is 13.2 Å². The SMILES string of the molecule is CNC(c1cccc(F)c1)c1cc(Br)c(C)cc1OC. The Morgan fingerprint density at radius 3 is 2.60 bits per heavy atom. The van der Waals surface area contributed by atoms with Crippen LogP contribution in [0, 0.1) is 12.7 Å². The highest BCUT2D eigenvalue weighted by Gasteiger charge is 2.18. The lowest BCUT2D eigenvalue weighted by Crippen LogP contribution is -2.18. The first-order valence-corrected chi connectivity index (χ1v) is 7.13. The van der Waals surface area contributed by atoms with Gasteiger partial charge in [0.1, 0.15) is 11.6 Å². The highest BCUT2D eigenvalue weighted by molar-refractivity contribution is 9.10. The third-order valence-electron chi connectivity index (χ3n) is 3.29. The molecule has 2 aromatic carbocycles. The number of hydrogen-bond donors (Lipinski definition) is 1. The van der Waals surface area contributed by atoms with E-state index in [1.165, 1.54) is 12.1 Å². The number of methoxy groups -OCH3 is 1. The molecule has 0 aliphatic rings. The topological polar surface area (TPSA) is 21.3 Å². The standard InChI is InChI=1S/C16H17BrFNO/c1-10-7-15(20-3)13(9-14(10)17)16(19-2)11-5-4-6-12(18)8-11/h4-9,16,19H,1-3H3. The highest BCUT2D eigenvalue weighted by Crippen LogP contribution is 2.34. The summed E-state index contributed by atoms with van der Waals surface area (Å²) in [6.45, 7) is 2.01. The molecule has 1 atom stereocenters. The number of ether oxygens (including phenoxy) is 1. The molecule has 0 amide bonds. The van der Waals surface area contributed by atoms with Crippen LogP contribution >= 0.6 is 15.9 Å². The van der Waals surface area contributed by atoms with Gasteiger partial charge >= 0.3 is 0 Å². The second-order valence-corrected chi connectivity index (χ2v) is 5.47. The summed E-state index contributed by atoms with van der Waals surface area (Å²) in [5.41, 5.74) is 2.93. The number of nitrogens with one attached hydrogen (secondary N) is 1. The van der Waals surface area contributed by atoms with Crippen molar-refractivity contribution in [1.82, 2.24) is 5.32 Å². The molecule has 2 nitrogen and oxygen atoms in total. The molecule has 0 aliphatic heterocycles. The summed E-state index contributed by atoms with van der Waals surface area (Å²) in [7, 11) is 3.49. The molecule has 20 heavy (non-hydrogen) atoms. The van der Waals surface area contributed by atoms with E-state index in [0.29, 0.717) is 0 Å². The molecule has 0 spiro atoms. The Morgan fingerprint density at radius 1 is 1.25 bits per heavy atom. The molecule has 1 N–H and O–H groups in total. The monoisotopic (exact) mass is 337 g/mol. The van der Waals surface area contributed by atoms with Crippen molar-refractivity contribution in [3.05, 3.63) is 63.4 Å². The first-order chi connectivity index (χ1) is 9.56. The van der Waals surface area contributed by atoms with Crippen LogP contribution < -0.4 is 10.1 Å². The quantitative estimate of drug-likeness (QED) is 0.902. The maximum absolute atomic E-state index is 13.4. The van der Waals surface area contributed by atoms with Gasteiger partial charge in [0.25, 0.3) is 0 Å². The van der Waals surface area contributed by atoms with Crippen molar-refractivity contribution in [3.8, 4) is 5.75 Å². The van der Waals surface area contributed by atoms with E-state index in [2.05, 4.69) is 21.2 Å². The van der Waals surface area contributed by atoms with Gasteiger partial charge in [-0.15, -0.1) is 0 Å². The first-order valence-electron chi connectivity index (χ1n) is 6.33. The smallest absolute Gasteiger partial charge is 0.124 e. The Labute approximate surface area is 127 Å². The lowest BCUT2D eigenvalue weighted by atomic mass is 9.97. The van der Waals surface area contributed by atoms with Gasteiger partial charge < -0.3 is 10.1 Å². The highest BCUT2D eigenvalue weighted by atomic mass is 79.9. The molecule has 0 radical (unpaired) electrons. The van der Waals surface area contributed by atoms with Crippen molar-refractivity contribution < 1.29 is 9.13 Å². The Hall–Kier alpha value is -1.39. The van der Waals surface area contributed by atoms with Crippen molar-refractivity contribution in [2.75, 3.05) is 14.2 Å². The van der Waals surface area contributed by atoms with Crippen molar-refractivity contribution in [2.45, 2.75) is 13.0 Å². The molecule has 0 aliphatic carbocycles. The second-order valence-electron chi connectivity index (χ2n) is 4.62. The van der Waals surface area contributed by atoms with Crippen LogP contribution in [0.3, 0.4) is 0 Å². The average molecular weight is 338 g/mol. The van der Waals surface area contributed by atoms with E-state index in [9.17, 15) is 4.39 Å². The van der Waals surface area contributed by atoms with E-state index < -0.39 is 0 Å². The Balaban J connectivity index is 2.54. The molecule has 0 bridgehead atoms. The minimum Gasteiger partial charge on any atom is -0.496 e. The van der Waals surface area contributed by atoms with E-state index in [1.807, 2.05) is 32.2 Å². The lowest BCUT2D eigenvalue weighted by Gasteiger charge is -2.21. The fourth-order valence-electron chi connectivity index (χ4n) is 2.26. The summed E-state index contributed by atoms with van der Waals surface area (Å²) in [5.74, 6) is 0.544. The molecule has 2 rings (SSSR count). The Morgan fingerprint density at radius 2 is 2.00 bits per heavy atom. The van der Waals surface area contributed by atoms with Crippen LogP contribution in [0.1, 0.15) is 22.7 Å². The molecule has 2 aromatic rings. The molecule has 0 aromatic heterocycles. The van der Waals surface area contributed by atoms with Crippen LogP contribution in [0.5, 0.6) is 5.75 Å². The fraction of sp³-hybridized carbons (Fsp3) is 0.250. The van der Waals surface area contributed by atoms with Gasteiger partial charge in [-0.3, -0.25) is 0 Å². The normalized spacial score (nSPS) is 12.2. The largest absolute Gasteiger partial charge is 0.496 e. The van der Waals surface area contributed by atoms with E-state index in [4.69, 9.17) is 4.74 Å². The van der Waals surface area contributed by atoms with Gasteiger partial charge in [-0.1, -0.05) is 28.1 Å². The van der Waals surface area contributed by atoms with Crippen LogP contribution in [0.2, 0.25) is 0 Å². The fourth-order valence-corrected chi connectivity index (χ4v) is 2.62. The zero-order chi connectivity index (χ0) is 14.7. The lowest BCUT2D eigenvalue weighted by molar-refractivity contribution is 0.405. The van der Waals surface area contributed by atoms with Gasteiger partial charge in [0.2, 0.25) is 0 Å². The number of hydrogen-bond acceptors (Lipinski definition) is 2. The molecule has 0 heterocycles. The number of aryl methyl sites for hydroxylation is 1. The molecule has 0 saturated carbocycles. The molecule has 0 fully saturated rings. The van der Waals surface area contributed by atoms with Gasteiger partial charge in [-0.25, -0.2) is 4.39 Å². The van der Waals surface area contributed by atoms with Crippen LogP contribution in [0.15, 0.2) is 40.9 Å². The minimum atomic E-state index is -0.243. The average Bonchev–Trinajstić information content (AvgIpc) is 2.43. The van der Waals surface area contributed by atoms with Gasteiger partial charge in [-0.05, 0) is 49.4 Å². The summed E-state index contributed by atoms with van der Waals surface area (Å²) in [4.78, 5) is 0. The summed E-state index contributed by atoms with van der Waals surface area (Å²) in [6.07, 6.45) is 0. The molecule has 1 unspecified atom stereocenters. The van der Waals surface area contributed by atoms with Crippen LogP contribution in [-0.4, -0.2) is 14.2 Å². The Kier molecular flexibility index (Phi) is 4.78. The number of benzene rings is 2. The zero-order valence-corrected chi connectivity index (χ0v) is 13.3. The van der Waals surface area contributed by atoms with Gasteiger partial charge in [-0.2, -0.15) is 0 Å². The van der Waals surface area contributed by atoms with Crippen molar-refractivity contribution in [2.24, 2.45) is 0 Å². The predicted molar refractivity (Wildman–Crippen MR) is 82.7 cm³/mol. The van der Waals surface area contributed by atoms with Crippen molar-refractivity contribution >= 4 is 15.9 Å². The van der Waals surface area contributed by atoms with Crippen molar-refractivity contribution in [1.29, 1.82) is 0 Å². The third kappa shape index (κ3) is 3.02. The second kappa shape index (κ2) is 6.37. The Bertz CT molecular complexity index is 615. The molecule has 0 saturated heterocycles. The van der Waals surface area contributed by atoms with Gasteiger partial charge in [0, 0.05) is 10.0 Å². The number of halogens is 2. The maximum atomic E-state index is 13.4. The molecule has 106 valence electrons. The van der Waals surface area contributed by atoms with E-state index in [1.54, 1.807) is 13.2 Å². The molecular formula is C16H17BrFNO. The van der Waals surface area contributed by atoms with Crippen LogP contribution in [0.25, 0.3) is 0 Å². The maximum Gasteiger partial charge on any atom is 0.124 e. The summed E-state index contributed by atoms with van der Waals surface area (Å²) < 4.78 is 19.9. The van der Waals surface area contributed by atoms with E-state index >= 15 is 0 Å². The molecule has 4 heteroatoms. The minimum absolute atomic E-state index is 0.127. The summed E-state index contributed by atoms with van der Waals surface area (Å²) in [5, 5.41) is 3.22. The van der Waals surface area contributed by atoms with Crippen LogP contribution in [-0.2, 0) is 0 Å². The summed E-state index contributed by atoms with van der Waals surface area (Å²) in [6, 6.07) is 10.5. The van der Waals surface area contributed by atoms with Crippen molar-refractivity contribution in [3.63, 3.8) is 0 Å². The van der Waals surface area contributed by atoms with E-state index in [0.717, 1.165) is 26.9 Å². The van der Waals surface area contributed by atoms with E-state index in [-0.39, 0.29) is 11.9 Å². The predicted octanol–water partition coefficient (Wildman–Crippen LogP) is 4.21. The summed E-state index contributed by atoms with van der Waals surface area (Å²) >= 11 is 3.54. The van der Waals surface area contributed by atoms with Gasteiger partial charge in [0.15, 0.2) is 0 Å². The van der Waals surface area contributed by atoms with Crippen LogP contribution in [0.4, 0.5) is 4.39 Å². The molecular weight excluding hydrogens is 321 g/mol. The first kappa shape index (κ1) is 15.0.